The molecule has 0 radical (unpaired) electrons. The van der Waals surface area contributed by atoms with E-state index in [0.29, 0.717) is 24.4 Å². The van der Waals surface area contributed by atoms with Gasteiger partial charge in [-0.2, -0.15) is 0 Å². The number of esters is 1. The molecule has 2 rings (SSSR count). The standard InChI is InChI=1S/C15H19NO4/c1-10-8-16(9-11(2)19-10)15(18)13-4-6-14(7-5-13)20-12(3)17/h4-7,10-11H,8-9H2,1-3H3/t10-,11-/m0/s1. The van der Waals surface area contributed by atoms with E-state index in [1.165, 1.54) is 6.92 Å². The lowest BCUT2D eigenvalue weighted by Crippen LogP contribution is -2.48. The second-order valence-corrected chi connectivity index (χ2v) is 5.09. The Kier molecular flexibility index (Phi) is 4.39. The van der Waals surface area contributed by atoms with Crippen LogP contribution in [-0.4, -0.2) is 42.1 Å². The molecule has 1 heterocycles. The smallest absolute Gasteiger partial charge is 0.308 e. The third-order valence-electron chi connectivity index (χ3n) is 3.07. The van der Waals surface area contributed by atoms with Gasteiger partial charge in [-0.1, -0.05) is 0 Å². The van der Waals surface area contributed by atoms with Crippen LogP contribution in [-0.2, 0) is 9.53 Å². The summed E-state index contributed by atoms with van der Waals surface area (Å²) >= 11 is 0. The van der Waals surface area contributed by atoms with Crippen molar-refractivity contribution in [1.29, 1.82) is 0 Å². The molecule has 20 heavy (non-hydrogen) atoms. The maximum Gasteiger partial charge on any atom is 0.308 e. The molecule has 108 valence electrons. The van der Waals surface area contributed by atoms with Gasteiger partial charge < -0.3 is 14.4 Å². The van der Waals surface area contributed by atoms with Gasteiger partial charge in [-0.05, 0) is 38.1 Å². The largest absolute Gasteiger partial charge is 0.427 e. The van der Waals surface area contributed by atoms with E-state index >= 15 is 0 Å². The Bertz CT molecular complexity index is 487. The number of hydrogen-bond acceptors (Lipinski definition) is 4. The van der Waals surface area contributed by atoms with Gasteiger partial charge >= 0.3 is 5.97 Å². The Morgan fingerprint density at radius 1 is 1.15 bits per heavy atom. The highest BCUT2D eigenvalue weighted by molar-refractivity contribution is 5.94. The number of carbonyl (C=O) groups is 2. The van der Waals surface area contributed by atoms with Crippen LogP contribution in [0.3, 0.4) is 0 Å². The average Bonchev–Trinajstić information content (AvgIpc) is 2.37. The second-order valence-electron chi connectivity index (χ2n) is 5.09. The molecule has 5 nitrogen and oxygen atoms in total. The van der Waals surface area contributed by atoms with Crippen LogP contribution >= 0.6 is 0 Å². The molecule has 1 aromatic rings. The number of hydrogen-bond donors (Lipinski definition) is 0. The number of rotatable bonds is 2. The van der Waals surface area contributed by atoms with Crippen LogP contribution in [0.4, 0.5) is 0 Å². The van der Waals surface area contributed by atoms with Crippen molar-refractivity contribution in [2.24, 2.45) is 0 Å². The van der Waals surface area contributed by atoms with E-state index in [2.05, 4.69) is 0 Å². The van der Waals surface area contributed by atoms with E-state index < -0.39 is 0 Å². The number of nitrogens with zero attached hydrogens (tertiary/aromatic N) is 1. The molecular weight excluding hydrogens is 258 g/mol. The van der Waals surface area contributed by atoms with Gasteiger partial charge in [0.15, 0.2) is 0 Å². The third kappa shape index (κ3) is 3.57. The Morgan fingerprint density at radius 2 is 1.70 bits per heavy atom. The molecule has 0 aliphatic carbocycles. The highest BCUT2D eigenvalue weighted by atomic mass is 16.5. The molecule has 1 aromatic carbocycles. The second kappa shape index (κ2) is 6.05. The quantitative estimate of drug-likeness (QED) is 0.611. The predicted molar refractivity (Wildman–Crippen MR) is 73.7 cm³/mol. The normalized spacial score (nSPS) is 22.4. The zero-order chi connectivity index (χ0) is 14.7. The fourth-order valence-electron chi connectivity index (χ4n) is 2.36. The van der Waals surface area contributed by atoms with Gasteiger partial charge in [0.25, 0.3) is 5.91 Å². The SMILES string of the molecule is CC(=O)Oc1ccc(C(=O)N2C[C@H](C)O[C@@H](C)C2)cc1. The molecule has 1 aliphatic heterocycles. The van der Waals surface area contributed by atoms with Crippen molar-refractivity contribution < 1.29 is 19.1 Å². The van der Waals surface area contributed by atoms with Gasteiger partial charge in [0.2, 0.25) is 0 Å². The van der Waals surface area contributed by atoms with Gasteiger partial charge in [0.05, 0.1) is 12.2 Å². The van der Waals surface area contributed by atoms with Crippen LogP contribution in [0.15, 0.2) is 24.3 Å². The molecule has 1 aliphatic rings. The Morgan fingerprint density at radius 3 is 2.20 bits per heavy atom. The van der Waals surface area contributed by atoms with Gasteiger partial charge in [0.1, 0.15) is 5.75 Å². The molecule has 0 saturated carbocycles. The molecule has 1 saturated heterocycles. The van der Waals surface area contributed by atoms with Gasteiger partial charge in [-0.25, -0.2) is 0 Å². The minimum Gasteiger partial charge on any atom is -0.427 e. The summed E-state index contributed by atoms with van der Waals surface area (Å²) in [6.45, 7) is 6.44. The molecule has 0 spiro atoms. The third-order valence-corrected chi connectivity index (χ3v) is 3.07. The Hall–Kier alpha value is -1.88. The molecular formula is C15H19NO4. The number of carbonyl (C=O) groups excluding carboxylic acids is 2. The van der Waals surface area contributed by atoms with Crippen LogP contribution in [0.2, 0.25) is 0 Å². The molecule has 0 unspecified atom stereocenters. The number of amides is 1. The molecule has 2 atom stereocenters. The number of ether oxygens (including phenoxy) is 2. The van der Waals surface area contributed by atoms with Crippen LogP contribution in [0.25, 0.3) is 0 Å². The van der Waals surface area contributed by atoms with Crippen LogP contribution in [0, 0.1) is 0 Å². The Balaban J connectivity index is 2.07. The first-order valence-corrected chi connectivity index (χ1v) is 6.69. The lowest BCUT2D eigenvalue weighted by Gasteiger charge is -2.35. The van der Waals surface area contributed by atoms with Gasteiger partial charge in [-0.15, -0.1) is 0 Å². The maximum absolute atomic E-state index is 12.4. The van der Waals surface area contributed by atoms with Gasteiger partial charge in [0, 0.05) is 25.6 Å². The molecule has 1 amide bonds. The van der Waals surface area contributed by atoms with E-state index in [-0.39, 0.29) is 24.1 Å². The lowest BCUT2D eigenvalue weighted by molar-refractivity contribution is -0.131. The first kappa shape index (κ1) is 14.5. The summed E-state index contributed by atoms with van der Waals surface area (Å²) in [5.74, 6) is 0.0408. The number of morpholine rings is 1. The molecule has 0 aromatic heterocycles. The summed E-state index contributed by atoms with van der Waals surface area (Å²) in [5.41, 5.74) is 0.585. The van der Waals surface area contributed by atoms with Gasteiger partial charge in [-0.3, -0.25) is 9.59 Å². The first-order chi connectivity index (χ1) is 9.45. The summed E-state index contributed by atoms with van der Waals surface area (Å²) in [5, 5.41) is 0. The van der Waals surface area contributed by atoms with Crippen molar-refractivity contribution in [2.75, 3.05) is 13.1 Å². The molecule has 1 fully saturated rings. The predicted octanol–water partition coefficient (Wildman–Crippen LogP) is 1.86. The van der Waals surface area contributed by atoms with Crippen molar-refractivity contribution in [3.8, 4) is 5.75 Å². The maximum atomic E-state index is 12.4. The average molecular weight is 277 g/mol. The fraction of sp³-hybridized carbons (Fsp3) is 0.467. The molecule has 5 heteroatoms. The van der Waals surface area contributed by atoms with Crippen LogP contribution in [0.1, 0.15) is 31.1 Å². The summed E-state index contributed by atoms with van der Waals surface area (Å²) in [4.78, 5) is 25.0. The summed E-state index contributed by atoms with van der Waals surface area (Å²) in [6, 6.07) is 6.60. The van der Waals surface area contributed by atoms with Crippen LogP contribution < -0.4 is 4.74 Å². The Labute approximate surface area is 118 Å². The molecule has 0 N–H and O–H groups in total. The van der Waals surface area contributed by atoms with Crippen molar-refractivity contribution in [3.63, 3.8) is 0 Å². The van der Waals surface area contributed by atoms with E-state index in [0.717, 1.165) is 0 Å². The zero-order valence-corrected chi connectivity index (χ0v) is 12.0. The fourth-order valence-corrected chi connectivity index (χ4v) is 2.36. The van der Waals surface area contributed by atoms with E-state index in [9.17, 15) is 9.59 Å². The first-order valence-electron chi connectivity index (χ1n) is 6.69. The molecule has 0 bridgehead atoms. The summed E-state index contributed by atoms with van der Waals surface area (Å²) < 4.78 is 10.6. The van der Waals surface area contributed by atoms with E-state index in [1.54, 1.807) is 29.2 Å². The topological polar surface area (TPSA) is 55.8 Å². The highest BCUT2D eigenvalue weighted by Crippen LogP contribution is 2.17. The zero-order valence-electron chi connectivity index (χ0n) is 12.0. The van der Waals surface area contributed by atoms with Crippen LogP contribution in [0.5, 0.6) is 5.75 Å². The van der Waals surface area contributed by atoms with E-state index in [1.807, 2.05) is 13.8 Å². The van der Waals surface area contributed by atoms with Crippen molar-refractivity contribution in [2.45, 2.75) is 33.0 Å². The minimum atomic E-state index is -0.375. The van der Waals surface area contributed by atoms with Crippen molar-refractivity contribution >= 4 is 11.9 Å². The highest BCUT2D eigenvalue weighted by Gasteiger charge is 2.26. The summed E-state index contributed by atoms with van der Waals surface area (Å²) in [6.07, 6.45) is 0.0889. The minimum absolute atomic E-state index is 0.0265. The monoisotopic (exact) mass is 277 g/mol. The van der Waals surface area contributed by atoms with Crippen molar-refractivity contribution in [3.05, 3.63) is 29.8 Å². The van der Waals surface area contributed by atoms with Crippen molar-refractivity contribution in [1.82, 2.24) is 4.90 Å². The number of benzene rings is 1. The lowest BCUT2D eigenvalue weighted by atomic mass is 10.1. The summed E-state index contributed by atoms with van der Waals surface area (Å²) in [7, 11) is 0. The van der Waals surface area contributed by atoms with E-state index in [4.69, 9.17) is 9.47 Å².